The molecule has 1 saturated heterocycles. The van der Waals surface area contributed by atoms with E-state index in [-0.39, 0.29) is 5.91 Å². The summed E-state index contributed by atoms with van der Waals surface area (Å²) in [6.07, 6.45) is 3.97. The fraction of sp³-hybridized carbons (Fsp3) is 0.107. The minimum atomic E-state index is -0.0730. The number of fused-ring (bicyclic) bond motifs is 1. The van der Waals surface area contributed by atoms with Crippen LogP contribution in [-0.4, -0.2) is 27.1 Å². The molecule has 0 bridgehead atoms. The molecule has 0 unspecified atom stereocenters. The Morgan fingerprint density at radius 2 is 1.92 bits per heavy atom. The van der Waals surface area contributed by atoms with E-state index >= 15 is 0 Å². The molecule has 1 aliphatic rings. The lowest BCUT2D eigenvalue weighted by Crippen LogP contribution is -2.28. The molecule has 0 atom stereocenters. The van der Waals surface area contributed by atoms with Gasteiger partial charge in [-0.2, -0.15) is 5.26 Å². The number of nitrogens with zero attached hydrogens (tertiary/aromatic N) is 4. The number of nitriles is 1. The van der Waals surface area contributed by atoms with E-state index in [2.05, 4.69) is 38.7 Å². The molecule has 8 heteroatoms. The average molecular weight is 576 g/mol. The first-order chi connectivity index (χ1) is 17.5. The van der Waals surface area contributed by atoms with Crippen molar-refractivity contribution in [1.29, 1.82) is 5.26 Å². The van der Waals surface area contributed by atoms with Crippen molar-refractivity contribution in [3.8, 4) is 6.07 Å². The predicted molar refractivity (Wildman–Crippen MR) is 151 cm³/mol. The summed E-state index contributed by atoms with van der Waals surface area (Å²) < 4.78 is 2.92. The lowest BCUT2D eigenvalue weighted by Gasteiger charge is -2.12. The molecule has 0 radical (unpaired) electrons. The third-order valence-corrected chi connectivity index (χ3v) is 8.16. The molecule has 1 aromatic heterocycles. The van der Waals surface area contributed by atoms with Crippen LogP contribution in [0, 0.1) is 11.3 Å². The summed E-state index contributed by atoms with van der Waals surface area (Å²) in [6, 6.07) is 23.4. The molecular weight excluding hydrogens is 556 g/mol. The summed E-state index contributed by atoms with van der Waals surface area (Å²) in [4.78, 5) is 20.2. The molecule has 2 heterocycles. The van der Waals surface area contributed by atoms with Crippen LogP contribution in [-0.2, 0) is 11.3 Å². The van der Waals surface area contributed by atoms with Crippen LogP contribution in [0.25, 0.3) is 17.0 Å². The van der Waals surface area contributed by atoms with Gasteiger partial charge in [0.25, 0.3) is 5.91 Å². The molecule has 5 rings (SSSR count). The highest BCUT2D eigenvalue weighted by Gasteiger charge is 2.32. The van der Waals surface area contributed by atoms with E-state index in [1.54, 1.807) is 11.0 Å². The van der Waals surface area contributed by atoms with Gasteiger partial charge in [0.1, 0.15) is 0 Å². The second kappa shape index (κ2) is 10.4. The van der Waals surface area contributed by atoms with Gasteiger partial charge in [0, 0.05) is 40.2 Å². The van der Waals surface area contributed by atoms with Gasteiger partial charge in [0.2, 0.25) is 0 Å². The van der Waals surface area contributed by atoms with Crippen molar-refractivity contribution in [3.05, 3.63) is 104 Å². The van der Waals surface area contributed by atoms with E-state index in [9.17, 15) is 10.1 Å². The number of likely N-dealkylation sites (N-methyl/N-ethyl adjacent to an activating group) is 1. The number of carbonyl (C=O) groups excluding carboxylic acids is 1. The quantitative estimate of drug-likeness (QED) is 0.230. The van der Waals surface area contributed by atoms with E-state index in [0.29, 0.717) is 39.4 Å². The van der Waals surface area contributed by atoms with Gasteiger partial charge in [-0.15, -0.1) is 0 Å². The van der Waals surface area contributed by atoms with Crippen molar-refractivity contribution < 1.29 is 4.79 Å². The fourth-order valence-corrected chi connectivity index (χ4v) is 5.62. The zero-order chi connectivity index (χ0) is 25.2. The van der Waals surface area contributed by atoms with Gasteiger partial charge in [-0.25, -0.2) is 4.99 Å². The Labute approximate surface area is 226 Å². The lowest BCUT2D eigenvalue weighted by molar-refractivity contribution is -0.122. The van der Waals surface area contributed by atoms with Crippen molar-refractivity contribution in [1.82, 2.24) is 9.47 Å². The summed E-state index contributed by atoms with van der Waals surface area (Å²) in [5.41, 5.74) is 4.28. The molecule has 4 aromatic rings. The normalized spacial score (nSPS) is 15.8. The molecular formula is C28H20BrClN4OS. The minimum absolute atomic E-state index is 0.0730. The molecule has 0 N–H and O–H groups in total. The minimum Gasteiger partial charge on any atom is -0.342 e. The van der Waals surface area contributed by atoms with E-state index < -0.39 is 0 Å². The number of benzene rings is 3. The summed E-state index contributed by atoms with van der Waals surface area (Å²) in [6.45, 7) is 3.01. The van der Waals surface area contributed by atoms with Gasteiger partial charge in [0.15, 0.2) is 5.17 Å². The van der Waals surface area contributed by atoms with Crippen molar-refractivity contribution >= 4 is 73.0 Å². The lowest BCUT2D eigenvalue weighted by atomic mass is 10.1. The van der Waals surface area contributed by atoms with Crippen LogP contribution in [0.4, 0.5) is 5.69 Å². The number of hydrogen-bond donors (Lipinski definition) is 0. The Morgan fingerprint density at radius 3 is 2.69 bits per heavy atom. The molecule has 0 aliphatic carbocycles. The van der Waals surface area contributed by atoms with Crippen LogP contribution in [0.1, 0.15) is 23.6 Å². The largest absolute Gasteiger partial charge is 0.342 e. The SMILES string of the molecule is CCN1C(=O)/C(=C/c2cn(Cc3ccccc3C#N)c3ccccc23)SC1=Nc1ccc(Br)c(Cl)c1. The number of halogens is 2. The van der Waals surface area contributed by atoms with Crippen molar-refractivity contribution in [2.24, 2.45) is 4.99 Å². The van der Waals surface area contributed by atoms with Crippen molar-refractivity contribution in [2.75, 3.05) is 6.54 Å². The number of thioether (sulfide) groups is 1. The van der Waals surface area contributed by atoms with Gasteiger partial charge < -0.3 is 4.57 Å². The van der Waals surface area contributed by atoms with E-state index in [1.807, 2.05) is 67.7 Å². The number of amides is 1. The first-order valence-corrected chi connectivity index (χ1v) is 13.3. The van der Waals surface area contributed by atoms with Gasteiger partial charge in [-0.1, -0.05) is 48.0 Å². The molecule has 178 valence electrons. The molecule has 0 spiro atoms. The molecule has 3 aromatic carbocycles. The maximum Gasteiger partial charge on any atom is 0.266 e. The molecule has 5 nitrogen and oxygen atoms in total. The number of rotatable bonds is 5. The number of hydrogen-bond acceptors (Lipinski definition) is 4. The van der Waals surface area contributed by atoms with Gasteiger partial charge in [-0.3, -0.25) is 9.69 Å². The van der Waals surface area contributed by atoms with E-state index in [4.69, 9.17) is 16.6 Å². The Balaban J connectivity index is 1.53. The highest BCUT2D eigenvalue weighted by atomic mass is 79.9. The summed E-state index contributed by atoms with van der Waals surface area (Å²) >= 11 is 11.0. The number of para-hydroxylation sites is 1. The maximum absolute atomic E-state index is 13.3. The third-order valence-electron chi connectivity index (χ3n) is 5.92. The zero-order valence-corrected chi connectivity index (χ0v) is 22.4. The third kappa shape index (κ3) is 4.72. The Morgan fingerprint density at radius 1 is 1.14 bits per heavy atom. The Bertz CT molecular complexity index is 1600. The zero-order valence-electron chi connectivity index (χ0n) is 19.3. The van der Waals surface area contributed by atoms with E-state index in [1.165, 1.54) is 11.8 Å². The van der Waals surface area contributed by atoms with Crippen LogP contribution in [0.3, 0.4) is 0 Å². The highest BCUT2D eigenvalue weighted by Crippen LogP contribution is 2.36. The van der Waals surface area contributed by atoms with Crippen LogP contribution in [0.5, 0.6) is 0 Å². The second-order valence-corrected chi connectivity index (χ2v) is 10.4. The predicted octanol–water partition coefficient (Wildman–Crippen LogP) is 7.60. The monoisotopic (exact) mass is 574 g/mol. The standard InChI is InChI=1S/C28H20BrClN4OS/c1-2-34-27(35)26(36-28(34)32-21-11-12-23(29)24(30)14-21)13-20-17-33(25-10-6-5-9-22(20)25)16-19-8-4-3-7-18(19)15-31/h3-14,17H,2,16H2,1H3/b26-13-,32-28?. The fourth-order valence-electron chi connectivity index (χ4n) is 4.15. The Kier molecular flexibility index (Phi) is 7.01. The number of amidine groups is 1. The first-order valence-electron chi connectivity index (χ1n) is 11.3. The van der Waals surface area contributed by atoms with Crippen molar-refractivity contribution in [3.63, 3.8) is 0 Å². The number of aliphatic imine (C=N–C) groups is 1. The summed E-state index contributed by atoms with van der Waals surface area (Å²) in [5, 5.41) is 11.7. The van der Waals surface area contributed by atoms with Crippen LogP contribution in [0.15, 0.2) is 87.3 Å². The van der Waals surface area contributed by atoms with E-state index in [0.717, 1.165) is 26.5 Å². The molecule has 36 heavy (non-hydrogen) atoms. The van der Waals surface area contributed by atoms with Crippen LogP contribution >= 0.6 is 39.3 Å². The number of carbonyl (C=O) groups is 1. The second-order valence-electron chi connectivity index (χ2n) is 8.15. The van der Waals surface area contributed by atoms with Crippen LogP contribution < -0.4 is 0 Å². The average Bonchev–Trinajstić information content (AvgIpc) is 3.38. The Hall–Kier alpha value is -3.31. The first kappa shape index (κ1) is 24.4. The molecule has 0 saturated carbocycles. The number of aromatic nitrogens is 1. The molecule has 1 aliphatic heterocycles. The summed E-state index contributed by atoms with van der Waals surface area (Å²) in [5.74, 6) is -0.0730. The van der Waals surface area contributed by atoms with Gasteiger partial charge in [-0.05, 0) is 76.6 Å². The van der Waals surface area contributed by atoms with Crippen LogP contribution in [0.2, 0.25) is 5.02 Å². The van der Waals surface area contributed by atoms with Crippen molar-refractivity contribution in [2.45, 2.75) is 13.5 Å². The smallest absolute Gasteiger partial charge is 0.266 e. The molecule has 1 amide bonds. The highest BCUT2D eigenvalue weighted by molar-refractivity contribution is 9.10. The maximum atomic E-state index is 13.3. The van der Waals surface area contributed by atoms with Gasteiger partial charge in [0.05, 0.1) is 27.2 Å². The summed E-state index contributed by atoms with van der Waals surface area (Å²) in [7, 11) is 0. The molecule has 1 fully saturated rings. The van der Waals surface area contributed by atoms with Gasteiger partial charge >= 0.3 is 0 Å². The topological polar surface area (TPSA) is 61.4 Å².